The number of aromatic hydroxyl groups is 1. The van der Waals surface area contributed by atoms with Crippen LogP contribution < -0.4 is 24.4 Å². The Morgan fingerprint density at radius 2 is 1.73 bits per heavy atom. The monoisotopic (exact) mass is 714 g/mol. The molecule has 1 aliphatic rings. The van der Waals surface area contributed by atoms with Gasteiger partial charge in [0.15, 0.2) is 16.3 Å². The third-order valence-corrected chi connectivity index (χ3v) is 8.53. The van der Waals surface area contributed by atoms with E-state index >= 15 is 0 Å². The quantitative estimate of drug-likeness (QED) is 0.368. The fraction of sp³-hybridized carbons (Fsp3) is 0.240. The average molecular weight is 717 g/mol. The second-order valence-corrected chi connectivity index (χ2v) is 11.4. The van der Waals surface area contributed by atoms with E-state index in [1.807, 2.05) is 0 Å². The Hall–Kier alpha value is -2.41. The van der Waals surface area contributed by atoms with Crippen LogP contribution in [0.25, 0.3) is 6.08 Å². The number of ether oxygens (including phenoxy) is 3. The number of hydrogen-bond donors (Lipinski definition) is 1. The molecule has 1 aliphatic heterocycles. The van der Waals surface area contributed by atoms with Crippen molar-refractivity contribution in [2.75, 3.05) is 20.8 Å². The minimum absolute atomic E-state index is 0.0617. The summed E-state index contributed by atoms with van der Waals surface area (Å²) >= 11 is 11.4. The Balaban J connectivity index is 2.02. The van der Waals surface area contributed by atoms with Gasteiger partial charge < -0.3 is 19.3 Å². The number of esters is 1. The number of benzene rings is 2. The first-order valence-electron chi connectivity index (χ1n) is 10.9. The van der Waals surface area contributed by atoms with Crippen LogP contribution in [-0.4, -0.2) is 36.5 Å². The molecule has 3 aromatic rings. The maximum Gasteiger partial charge on any atom is 0.338 e. The molecule has 1 atom stereocenters. The minimum Gasteiger partial charge on any atom is -0.506 e. The number of methoxy groups -OCH3 is 2. The summed E-state index contributed by atoms with van der Waals surface area (Å²) in [6.45, 7) is 3.61. The van der Waals surface area contributed by atoms with Crippen molar-refractivity contribution in [2.24, 2.45) is 4.99 Å². The lowest BCUT2D eigenvalue weighted by Gasteiger charge is -2.26. The number of carbonyl (C=O) groups is 1. The minimum atomic E-state index is -0.829. The van der Waals surface area contributed by atoms with E-state index in [1.54, 1.807) is 44.2 Å². The van der Waals surface area contributed by atoms with Gasteiger partial charge in [-0.1, -0.05) is 27.3 Å². The van der Waals surface area contributed by atoms with E-state index in [9.17, 15) is 14.7 Å². The van der Waals surface area contributed by atoms with Gasteiger partial charge in [0.05, 0.1) is 51.6 Å². The number of allylic oxidation sites excluding steroid dienone is 1. The third-order valence-electron chi connectivity index (χ3n) is 5.65. The van der Waals surface area contributed by atoms with Gasteiger partial charge >= 0.3 is 5.97 Å². The molecule has 37 heavy (non-hydrogen) atoms. The lowest BCUT2D eigenvalue weighted by atomic mass is 9.95. The first-order valence-corrected chi connectivity index (χ1v) is 14.1. The third kappa shape index (κ3) is 5.16. The van der Waals surface area contributed by atoms with Crippen molar-refractivity contribution in [2.45, 2.75) is 19.9 Å². The molecule has 1 N–H and O–H groups in total. The predicted octanol–water partition coefficient (Wildman–Crippen LogP) is 4.81. The van der Waals surface area contributed by atoms with Crippen LogP contribution in [0.4, 0.5) is 0 Å². The molecular formula is C25H21Br3N2O6S. The Labute approximate surface area is 241 Å². The van der Waals surface area contributed by atoms with Crippen LogP contribution >= 0.6 is 59.1 Å². The molecule has 0 aliphatic carbocycles. The number of aromatic nitrogens is 1. The first kappa shape index (κ1) is 27.6. The van der Waals surface area contributed by atoms with Gasteiger partial charge in [0.1, 0.15) is 5.75 Å². The fourth-order valence-electron chi connectivity index (χ4n) is 3.99. The molecule has 0 amide bonds. The highest BCUT2D eigenvalue weighted by Crippen LogP contribution is 2.41. The molecule has 194 valence electrons. The molecular weight excluding hydrogens is 696 g/mol. The number of nitrogens with zero attached hydrogens (tertiary/aromatic N) is 2. The molecule has 0 saturated heterocycles. The fourth-order valence-corrected chi connectivity index (χ4v) is 6.79. The molecule has 0 unspecified atom stereocenters. The molecule has 1 aromatic heterocycles. The van der Waals surface area contributed by atoms with E-state index in [0.717, 1.165) is 0 Å². The number of halogens is 3. The van der Waals surface area contributed by atoms with Gasteiger partial charge in [0.2, 0.25) is 0 Å². The van der Waals surface area contributed by atoms with E-state index in [1.165, 1.54) is 30.1 Å². The summed E-state index contributed by atoms with van der Waals surface area (Å²) in [4.78, 5) is 32.0. The summed E-state index contributed by atoms with van der Waals surface area (Å²) in [6, 6.07) is 6.04. The molecule has 0 saturated carbocycles. The van der Waals surface area contributed by atoms with Crippen LogP contribution in [0, 0.1) is 0 Å². The Bertz CT molecular complexity index is 1600. The number of fused-ring (bicyclic) bond motifs is 1. The van der Waals surface area contributed by atoms with Gasteiger partial charge in [0, 0.05) is 4.47 Å². The molecule has 0 fully saturated rings. The van der Waals surface area contributed by atoms with E-state index in [-0.39, 0.29) is 23.5 Å². The van der Waals surface area contributed by atoms with E-state index in [2.05, 4.69) is 52.8 Å². The standard InChI is InChI=1S/C25H21Br3N2O6S/c1-5-36-24(33)20-11(2)29-25-30(21(20)13-9-17(34-3)18(35-4)10-14(13)26)23(32)19(37-25)8-12-6-15(27)22(31)16(28)7-12/h6-10,21,31H,5H2,1-4H3/b19-8-/t21-/m0/s1. The van der Waals surface area contributed by atoms with Crippen LogP contribution in [-0.2, 0) is 9.53 Å². The molecule has 4 rings (SSSR count). The van der Waals surface area contributed by atoms with Crippen molar-refractivity contribution in [3.05, 3.63) is 79.8 Å². The number of phenols is 1. The van der Waals surface area contributed by atoms with Crippen LogP contribution in [0.2, 0.25) is 0 Å². The average Bonchev–Trinajstić information content (AvgIpc) is 3.15. The Morgan fingerprint density at radius 3 is 2.32 bits per heavy atom. The summed E-state index contributed by atoms with van der Waals surface area (Å²) < 4.78 is 19.7. The van der Waals surface area contributed by atoms with Gasteiger partial charge in [-0.3, -0.25) is 9.36 Å². The van der Waals surface area contributed by atoms with Crippen molar-refractivity contribution in [1.29, 1.82) is 0 Å². The molecule has 0 bridgehead atoms. The summed E-state index contributed by atoms with van der Waals surface area (Å²) in [5, 5.41) is 10.0. The number of rotatable bonds is 6. The summed E-state index contributed by atoms with van der Waals surface area (Å²) in [6.07, 6.45) is 1.71. The van der Waals surface area contributed by atoms with E-state index in [0.29, 0.717) is 51.1 Å². The molecule has 2 aromatic carbocycles. The SMILES string of the molecule is CCOC(=O)C1=C(C)N=c2s/c(=C\c3cc(Br)c(O)c(Br)c3)c(=O)n2[C@H]1c1cc(OC)c(OC)cc1Br. The van der Waals surface area contributed by atoms with E-state index < -0.39 is 12.0 Å². The second-order valence-electron chi connectivity index (χ2n) is 7.86. The summed E-state index contributed by atoms with van der Waals surface area (Å²) in [7, 11) is 3.05. The number of phenolic OH excluding ortho intramolecular Hbond substituents is 1. The van der Waals surface area contributed by atoms with Gasteiger partial charge in [-0.2, -0.15) is 0 Å². The Morgan fingerprint density at radius 1 is 1.11 bits per heavy atom. The Kier molecular flexibility index (Phi) is 8.32. The van der Waals surface area contributed by atoms with Crippen LogP contribution in [0.5, 0.6) is 17.2 Å². The lowest BCUT2D eigenvalue weighted by molar-refractivity contribution is -0.139. The normalized spacial score (nSPS) is 15.3. The largest absolute Gasteiger partial charge is 0.506 e. The first-order chi connectivity index (χ1) is 17.6. The summed E-state index contributed by atoms with van der Waals surface area (Å²) in [5.41, 5.74) is 1.67. The summed E-state index contributed by atoms with van der Waals surface area (Å²) in [5.74, 6) is 0.439. The zero-order valence-corrected chi connectivity index (χ0v) is 25.7. The van der Waals surface area contributed by atoms with Crippen molar-refractivity contribution < 1.29 is 24.1 Å². The number of thiazole rings is 1. The highest BCUT2D eigenvalue weighted by atomic mass is 79.9. The molecule has 12 heteroatoms. The van der Waals surface area contributed by atoms with Crippen molar-refractivity contribution in [3.8, 4) is 17.2 Å². The number of hydrogen-bond acceptors (Lipinski definition) is 8. The lowest BCUT2D eigenvalue weighted by Crippen LogP contribution is -2.40. The molecule has 0 spiro atoms. The van der Waals surface area contributed by atoms with Crippen LogP contribution in [0.1, 0.15) is 31.0 Å². The van der Waals surface area contributed by atoms with Crippen molar-refractivity contribution in [3.63, 3.8) is 0 Å². The van der Waals surface area contributed by atoms with Gasteiger partial charge in [-0.05, 0) is 87.2 Å². The predicted molar refractivity (Wildman–Crippen MR) is 151 cm³/mol. The van der Waals surface area contributed by atoms with Gasteiger partial charge in [-0.15, -0.1) is 0 Å². The smallest absolute Gasteiger partial charge is 0.338 e. The molecule has 0 radical (unpaired) electrons. The van der Waals surface area contributed by atoms with Gasteiger partial charge in [0.25, 0.3) is 5.56 Å². The van der Waals surface area contributed by atoms with Gasteiger partial charge in [-0.25, -0.2) is 9.79 Å². The van der Waals surface area contributed by atoms with Crippen molar-refractivity contribution >= 4 is 71.2 Å². The highest BCUT2D eigenvalue weighted by molar-refractivity contribution is 9.11. The number of carbonyl (C=O) groups excluding carboxylic acids is 1. The van der Waals surface area contributed by atoms with Crippen LogP contribution in [0.3, 0.4) is 0 Å². The topological polar surface area (TPSA) is 99.4 Å². The van der Waals surface area contributed by atoms with Crippen molar-refractivity contribution in [1.82, 2.24) is 4.57 Å². The maximum atomic E-state index is 13.8. The molecule has 8 nitrogen and oxygen atoms in total. The zero-order valence-electron chi connectivity index (χ0n) is 20.1. The van der Waals surface area contributed by atoms with Crippen LogP contribution in [0.15, 0.2) is 58.7 Å². The maximum absolute atomic E-state index is 13.8. The zero-order chi connectivity index (χ0) is 27.0. The highest BCUT2D eigenvalue weighted by Gasteiger charge is 2.35. The second kappa shape index (κ2) is 11.1. The molecule has 2 heterocycles. The van der Waals surface area contributed by atoms with E-state index in [4.69, 9.17) is 14.2 Å².